The van der Waals surface area contributed by atoms with E-state index in [1.54, 1.807) is 20.2 Å². The van der Waals surface area contributed by atoms with Gasteiger partial charge in [0.1, 0.15) is 0 Å². The lowest BCUT2D eigenvalue weighted by atomic mass is 9.94. The third kappa shape index (κ3) is 7.03. The predicted molar refractivity (Wildman–Crippen MR) is 183 cm³/mol. The van der Waals surface area contributed by atoms with Crippen LogP contribution in [0.25, 0.3) is 33.6 Å². The van der Waals surface area contributed by atoms with Crippen molar-refractivity contribution in [2.75, 3.05) is 26.7 Å². The molecule has 0 spiro atoms. The maximum Gasteiger partial charge on any atom is 0.220 e. The number of carbonyl (C=O) groups is 1. The summed E-state index contributed by atoms with van der Waals surface area (Å²) in [5.41, 5.74) is 7.56. The van der Waals surface area contributed by atoms with E-state index in [0.717, 1.165) is 58.3 Å². The van der Waals surface area contributed by atoms with Crippen LogP contribution in [0.5, 0.6) is 5.88 Å². The van der Waals surface area contributed by atoms with Gasteiger partial charge in [-0.05, 0) is 55.2 Å². The zero-order valence-electron chi connectivity index (χ0n) is 25.7. The van der Waals surface area contributed by atoms with Crippen molar-refractivity contribution < 1.29 is 14.6 Å². The molecular formula is C35H36Cl3N5O3. The molecule has 0 saturated carbocycles. The van der Waals surface area contributed by atoms with Gasteiger partial charge in [-0.3, -0.25) is 14.7 Å². The van der Waals surface area contributed by atoms with Gasteiger partial charge < -0.3 is 20.5 Å². The molecule has 3 N–H and O–H groups in total. The number of methoxy groups -OCH3 is 1. The number of hydrogen-bond donors (Lipinski definition) is 3. The number of aliphatic hydroxyl groups is 1. The number of carbonyl (C=O) groups excluding carboxylic acids is 1. The van der Waals surface area contributed by atoms with Crippen LogP contribution >= 0.6 is 34.8 Å². The van der Waals surface area contributed by atoms with Gasteiger partial charge in [0.25, 0.3) is 0 Å². The van der Waals surface area contributed by atoms with Crippen molar-refractivity contribution in [1.82, 2.24) is 25.5 Å². The number of halogens is 3. The van der Waals surface area contributed by atoms with Gasteiger partial charge >= 0.3 is 0 Å². The zero-order chi connectivity index (χ0) is 32.4. The topological polar surface area (TPSA) is 99.6 Å². The molecule has 240 valence electrons. The Bertz CT molecular complexity index is 1770. The Balaban J connectivity index is 1.26. The molecule has 46 heavy (non-hydrogen) atoms. The van der Waals surface area contributed by atoms with Gasteiger partial charge in [-0.1, -0.05) is 59.1 Å². The molecule has 8 nitrogen and oxygen atoms in total. The van der Waals surface area contributed by atoms with Crippen LogP contribution in [0.4, 0.5) is 0 Å². The van der Waals surface area contributed by atoms with Crippen molar-refractivity contribution in [3.63, 3.8) is 0 Å². The van der Waals surface area contributed by atoms with Crippen LogP contribution in [-0.2, 0) is 24.3 Å². The number of aliphatic hydroxyl groups excluding tert-OH is 1. The van der Waals surface area contributed by atoms with Crippen molar-refractivity contribution in [2.45, 2.75) is 51.4 Å². The van der Waals surface area contributed by atoms with Crippen LogP contribution in [0.15, 0.2) is 54.7 Å². The molecule has 4 heterocycles. The Hall–Kier alpha value is -3.24. The second-order valence-corrected chi connectivity index (χ2v) is 13.1. The second kappa shape index (κ2) is 14.3. The Morgan fingerprint density at radius 2 is 1.89 bits per heavy atom. The van der Waals surface area contributed by atoms with Crippen molar-refractivity contribution in [3.8, 4) is 39.5 Å². The van der Waals surface area contributed by atoms with Gasteiger partial charge in [0, 0.05) is 84.2 Å². The van der Waals surface area contributed by atoms with Crippen LogP contribution in [0, 0.1) is 0 Å². The highest BCUT2D eigenvalue weighted by Crippen LogP contribution is 2.42. The average Bonchev–Trinajstić information content (AvgIpc) is 3.46. The van der Waals surface area contributed by atoms with E-state index in [9.17, 15) is 9.90 Å². The predicted octanol–water partition coefficient (Wildman–Crippen LogP) is 6.55. The number of benzene rings is 2. The second-order valence-electron chi connectivity index (χ2n) is 11.9. The number of rotatable bonds is 10. The maximum atomic E-state index is 11.5. The summed E-state index contributed by atoms with van der Waals surface area (Å²) in [5, 5.41) is 17.9. The summed E-state index contributed by atoms with van der Waals surface area (Å²) in [5.74, 6) is 0.605. The minimum absolute atomic E-state index is 0.101. The molecular weight excluding hydrogens is 645 g/mol. The normalized spacial score (nSPS) is 17.1. The molecule has 2 atom stereocenters. The molecule has 6 rings (SSSR count). The van der Waals surface area contributed by atoms with Gasteiger partial charge in [-0.2, -0.15) is 0 Å². The van der Waals surface area contributed by atoms with Crippen LogP contribution in [0.3, 0.4) is 0 Å². The molecule has 2 aromatic heterocycles. The fourth-order valence-electron chi connectivity index (χ4n) is 6.27. The number of amides is 1. The van der Waals surface area contributed by atoms with Gasteiger partial charge in [-0.25, -0.2) is 4.98 Å². The number of aromatic nitrogens is 2. The van der Waals surface area contributed by atoms with Crippen molar-refractivity contribution in [3.05, 3.63) is 86.5 Å². The molecule has 1 amide bonds. The molecule has 11 heteroatoms. The van der Waals surface area contributed by atoms with E-state index in [4.69, 9.17) is 44.5 Å². The molecule has 2 aliphatic rings. The molecule has 0 aliphatic carbocycles. The number of ether oxygens (including phenoxy) is 1. The maximum absolute atomic E-state index is 11.5. The molecule has 0 unspecified atom stereocenters. The summed E-state index contributed by atoms with van der Waals surface area (Å²) < 4.78 is 5.64. The lowest BCUT2D eigenvalue weighted by molar-refractivity contribution is -0.119. The van der Waals surface area contributed by atoms with E-state index < -0.39 is 6.10 Å². The molecule has 2 aliphatic heterocycles. The zero-order valence-corrected chi connectivity index (χ0v) is 28.0. The van der Waals surface area contributed by atoms with Crippen LogP contribution in [-0.4, -0.2) is 64.8 Å². The third-order valence-corrected chi connectivity index (χ3v) is 9.67. The van der Waals surface area contributed by atoms with Crippen LogP contribution < -0.4 is 15.4 Å². The first-order valence-corrected chi connectivity index (χ1v) is 16.5. The van der Waals surface area contributed by atoms with E-state index in [1.807, 2.05) is 42.5 Å². The fourth-order valence-corrected chi connectivity index (χ4v) is 7.22. The van der Waals surface area contributed by atoms with E-state index in [0.29, 0.717) is 64.9 Å². The Kier molecular flexibility index (Phi) is 10.1. The molecule has 0 bridgehead atoms. The number of β-amino-alcohol motifs (C(OH)–C–C–N with tert-alkyl or cyclic N) is 1. The fraction of sp³-hybridized carbons (Fsp3) is 0.343. The van der Waals surface area contributed by atoms with Crippen LogP contribution in [0.2, 0.25) is 15.1 Å². The highest BCUT2D eigenvalue weighted by atomic mass is 35.5. The summed E-state index contributed by atoms with van der Waals surface area (Å²) in [6.45, 7) is 5.18. The smallest absolute Gasteiger partial charge is 0.220 e. The van der Waals surface area contributed by atoms with E-state index in [-0.39, 0.29) is 11.9 Å². The molecule has 4 aromatic rings. The number of pyridine rings is 2. The Morgan fingerprint density at radius 3 is 2.65 bits per heavy atom. The number of nitrogens with zero attached hydrogens (tertiary/aromatic N) is 3. The quantitative estimate of drug-likeness (QED) is 0.175. The monoisotopic (exact) mass is 679 g/mol. The first kappa shape index (κ1) is 32.7. The van der Waals surface area contributed by atoms with Crippen molar-refractivity contribution >= 4 is 40.7 Å². The first-order chi connectivity index (χ1) is 22.2. The molecule has 2 aromatic carbocycles. The van der Waals surface area contributed by atoms with Gasteiger partial charge in [0.15, 0.2) is 0 Å². The molecule has 0 radical (unpaired) electrons. The highest BCUT2D eigenvalue weighted by Gasteiger charge is 2.24. The van der Waals surface area contributed by atoms with Crippen molar-refractivity contribution in [1.29, 1.82) is 0 Å². The molecule has 1 fully saturated rings. The van der Waals surface area contributed by atoms with E-state index in [1.165, 1.54) is 0 Å². The summed E-state index contributed by atoms with van der Waals surface area (Å²) >= 11 is 20.9. The standard InChI is InChI=1S/C35H36Cl3N5O3/c1-20(44)18-43-13-11-21-14-23(15-29(36)28(21)19-43)34-33(38)26(10-12-40-34)25-4-3-5-27(32(25)37)30-8-6-22(35(42-30)46-2)16-39-17-24-7-9-31(45)41-24/h3-6,8,10,12,14-15,20,24,39,44H,7,9,11,13,16-19H2,1-2H3,(H,41,45)/t20-,24-/m0/s1. The summed E-state index contributed by atoms with van der Waals surface area (Å²) in [6.07, 6.45) is 3.57. The van der Waals surface area contributed by atoms with Crippen molar-refractivity contribution in [2.24, 2.45) is 0 Å². The average molecular weight is 681 g/mol. The van der Waals surface area contributed by atoms with Crippen LogP contribution in [0.1, 0.15) is 36.5 Å². The number of fused-ring (bicyclic) bond motifs is 1. The molecule has 1 saturated heterocycles. The summed E-state index contributed by atoms with van der Waals surface area (Å²) in [6, 6.07) is 15.7. The third-order valence-electron chi connectivity index (χ3n) is 8.54. The minimum atomic E-state index is -0.394. The first-order valence-electron chi connectivity index (χ1n) is 15.4. The van der Waals surface area contributed by atoms with E-state index >= 15 is 0 Å². The van der Waals surface area contributed by atoms with E-state index in [2.05, 4.69) is 26.6 Å². The van der Waals surface area contributed by atoms with Gasteiger partial charge in [0.05, 0.1) is 34.6 Å². The number of hydrogen-bond acceptors (Lipinski definition) is 7. The SMILES string of the molecule is COc1nc(-c2cccc(-c3ccnc(-c4cc(Cl)c5c(c4)CCN(C[C@H](C)O)C5)c3Cl)c2Cl)ccc1CNC[C@@H]1CCC(=O)N1. The lowest BCUT2D eigenvalue weighted by Crippen LogP contribution is -2.35. The summed E-state index contributed by atoms with van der Waals surface area (Å²) in [4.78, 5) is 23.1. The highest BCUT2D eigenvalue weighted by molar-refractivity contribution is 6.39. The van der Waals surface area contributed by atoms with Gasteiger partial charge in [-0.15, -0.1) is 0 Å². The minimum Gasteiger partial charge on any atom is -0.481 e. The Morgan fingerprint density at radius 1 is 1.09 bits per heavy atom. The Labute approximate surface area is 284 Å². The largest absolute Gasteiger partial charge is 0.481 e. The van der Waals surface area contributed by atoms with Gasteiger partial charge in [0.2, 0.25) is 11.8 Å². The summed E-state index contributed by atoms with van der Waals surface area (Å²) in [7, 11) is 1.60. The lowest BCUT2D eigenvalue weighted by Gasteiger charge is -2.30. The number of nitrogens with one attached hydrogen (secondary N) is 2.